The van der Waals surface area contributed by atoms with Crippen LogP contribution in [0.1, 0.15) is 48.5 Å². The fourth-order valence-electron chi connectivity index (χ4n) is 4.11. The van der Waals surface area contributed by atoms with E-state index in [2.05, 4.69) is 5.32 Å². The number of carbonyl (C=O) groups is 2. The lowest BCUT2D eigenvalue weighted by Gasteiger charge is -2.15. The SMILES string of the molecule is Cc1ccc(NC(=O)c2cc(C(=O)c3cc(Cl)ccc3O)cn(-c3ccc(C)cc3C)c2=O)c(C)c1. The normalized spacial score (nSPS) is 10.8. The van der Waals surface area contributed by atoms with Gasteiger partial charge in [0.1, 0.15) is 11.3 Å². The van der Waals surface area contributed by atoms with Crippen molar-refractivity contribution in [1.29, 1.82) is 0 Å². The maximum atomic E-state index is 13.5. The summed E-state index contributed by atoms with van der Waals surface area (Å²) >= 11 is 6.05. The number of pyridine rings is 1. The molecule has 3 aromatic carbocycles. The summed E-state index contributed by atoms with van der Waals surface area (Å²) in [7, 11) is 0. The number of nitrogens with one attached hydrogen (secondary N) is 1. The smallest absolute Gasteiger partial charge is 0.267 e. The molecule has 1 aromatic heterocycles. The van der Waals surface area contributed by atoms with Gasteiger partial charge in [0, 0.05) is 22.5 Å². The Bertz CT molecular complexity index is 1590. The first-order valence-corrected chi connectivity index (χ1v) is 11.7. The number of ketones is 1. The number of aryl methyl sites for hydroxylation is 4. The minimum atomic E-state index is -0.643. The zero-order valence-corrected chi connectivity index (χ0v) is 21.1. The number of nitrogens with zero attached hydrogens (tertiary/aromatic N) is 1. The molecule has 0 fully saturated rings. The quantitative estimate of drug-likeness (QED) is 0.333. The first kappa shape index (κ1) is 24.9. The Labute approximate surface area is 213 Å². The number of anilines is 1. The second-order valence-corrected chi connectivity index (χ2v) is 9.31. The number of hydrogen-bond donors (Lipinski definition) is 2. The topological polar surface area (TPSA) is 88.4 Å². The van der Waals surface area contributed by atoms with Gasteiger partial charge >= 0.3 is 0 Å². The van der Waals surface area contributed by atoms with Crippen LogP contribution in [0.25, 0.3) is 5.69 Å². The molecule has 7 heteroatoms. The van der Waals surface area contributed by atoms with Crippen molar-refractivity contribution in [2.75, 3.05) is 5.32 Å². The van der Waals surface area contributed by atoms with Gasteiger partial charge in [-0.05, 0) is 75.2 Å². The fourth-order valence-corrected chi connectivity index (χ4v) is 4.28. The van der Waals surface area contributed by atoms with Gasteiger partial charge in [0.15, 0.2) is 5.78 Å². The van der Waals surface area contributed by atoms with Crippen LogP contribution in [0.5, 0.6) is 5.75 Å². The number of rotatable bonds is 5. The second kappa shape index (κ2) is 9.84. The summed E-state index contributed by atoms with van der Waals surface area (Å²) in [5.41, 5.74) is 4.03. The Hall–Kier alpha value is -4.16. The molecule has 1 amide bonds. The molecule has 0 saturated heterocycles. The van der Waals surface area contributed by atoms with Crippen LogP contribution in [0.2, 0.25) is 5.02 Å². The lowest BCUT2D eigenvalue weighted by Crippen LogP contribution is -2.30. The molecule has 0 aliphatic heterocycles. The van der Waals surface area contributed by atoms with Gasteiger partial charge in [0.05, 0.1) is 11.3 Å². The Morgan fingerprint density at radius 2 is 1.50 bits per heavy atom. The summed E-state index contributed by atoms with van der Waals surface area (Å²) in [6, 6.07) is 16.5. The first-order chi connectivity index (χ1) is 17.0. The lowest BCUT2D eigenvalue weighted by molar-refractivity contribution is 0.102. The molecule has 0 spiro atoms. The number of amides is 1. The predicted octanol–water partition coefficient (Wildman–Crippen LogP) is 5.91. The minimum Gasteiger partial charge on any atom is -0.507 e. The third kappa shape index (κ3) is 4.95. The van der Waals surface area contributed by atoms with Gasteiger partial charge in [-0.25, -0.2) is 0 Å². The molecule has 0 atom stereocenters. The molecule has 0 saturated carbocycles. The van der Waals surface area contributed by atoms with Crippen molar-refractivity contribution in [3.63, 3.8) is 0 Å². The van der Waals surface area contributed by atoms with E-state index in [9.17, 15) is 19.5 Å². The van der Waals surface area contributed by atoms with E-state index in [-0.39, 0.29) is 27.5 Å². The molecular formula is C29H25ClN2O4. The van der Waals surface area contributed by atoms with Gasteiger partial charge in [-0.15, -0.1) is 0 Å². The van der Waals surface area contributed by atoms with Crippen molar-refractivity contribution in [2.24, 2.45) is 0 Å². The van der Waals surface area contributed by atoms with Crippen LogP contribution in [0, 0.1) is 27.7 Å². The Morgan fingerprint density at radius 1 is 0.833 bits per heavy atom. The molecule has 0 aliphatic rings. The van der Waals surface area contributed by atoms with Crippen molar-refractivity contribution in [2.45, 2.75) is 27.7 Å². The van der Waals surface area contributed by atoms with Crippen LogP contribution < -0.4 is 10.9 Å². The van der Waals surface area contributed by atoms with E-state index in [4.69, 9.17) is 11.6 Å². The number of phenols is 1. The number of aromatic nitrogens is 1. The molecule has 0 aliphatic carbocycles. The van der Waals surface area contributed by atoms with Crippen LogP contribution in [0.4, 0.5) is 5.69 Å². The van der Waals surface area contributed by atoms with Crippen molar-refractivity contribution in [3.8, 4) is 11.4 Å². The largest absolute Gasteiger partial charge is 0.507 e. The van der Waals surface area contributed by atoms with Crippen LogP contribution in [0.3, 0.4) is 0 Å². The van der Waals surface area contributed by atoms with E-state index in [0.29, 0.717) is 11.4 Å². The number of halogens is 1. The standard InChI is InChI=1S/C29H25ClN2O4/c1-16-5-8-24(18(3)11-16)31-28(35)23-13-20(27(34)22-14-21(30)7-10-26(22)33)15-32(29(23)36)25-9-6-17(2)12-19(25)4/h5-15,33H,1-4H3,(H,31,35). The highest BCUT2D eigenvalue weighted by Gasteiger charge is 2.22. The Kier molecular flexibility index (Phi) is 6.82. The third-order valence-corrected chi connectivity index (χ3v) is 6.20. The van der Waals surface area contributed by atoms with Gasteiger partial charge in [0.25, 0.3) is 11.5 Å². The van der Waals surface area contributed by atoms with E-state index in [1.54, 1.807) is 12.1 Å². The zero-order chi connectivity index (χ0) is 26.1. The third-order valence-electron chi connectivity index (χ3n) is 5.97. The van der Waals surface area contributed by atoms with Crippen LogP contribution in [-0.2, 0) is 0 Å². The number of phenolic OH excluding ortho intramolecular Hbond substituents is 1. The van der Waals surface area contributed by atoms with Gasteiger partial charge in [-0.3, -0.25) is 19.0 Å². The summed E-state index contributed by atoms with van der Waals surface area (Å²) in [5, 5.41) is 13.3. The molecule has 1 heterocycles. The number of benzene rings is 3. The molecule has 4 rings (SSSR count). The maximum Gasteiger partial charge on any atom is 0.267 e. The average molecular weight is 501 g/mol. The Morgan fingerprint density at radius 3 is 2.17 bits per heavy atom. The summed E-state index contributed by atoms with van der Waals surface area (Å²) in [4.78, 5) is 40.3. The van der Waals surface area contributed by atoms with Crippen molar-refractivity contribution in [1.82, 2.24) is 4.57 Å². The second-order valence-electron chi connectivity index (χ2n) is 8.87. The molecule has 0 unspecified atom stereocenters. The van der Waals surface area contributed by atoms with Crippen LogP contribution in [-0.4, -0.2) is 21.4 Å². The van der Waals surface area contributed by atoms with E-state index < -0.39 is 17.2 Å². The summed E-state index contributed by atoms with van der Waals surface area (Å²) in [6.07, 6.45) is 1.39. The van der Waals surface area contributed by atoms with E-state index in [0.717, 1.165) is 22.3 Å². The molecule has 0 bridgehead atoms. The highest BCUT2D eigenvalue weighted by Crippen LogP contribution is 2.25. The summed E-state index contributed by atoms with van der Waals surface area (Å²) in [5.74, 6) is -1.47. The molecular weight excluding hydrogens is 476 g/mol. The molecule has 182 valence electrons. The molecule has 2 N–H and O–H groups in total. The van der Waals surface area contributed by atoms with E-state index in [1.807, 2.05) is 52.0 Å². The van der Waals surface area contributed by atoms with Crippen molar-refractivity contribution < 1.29 is 14.7 Å². The number of carbonyl (C=O) groups excluding carboxylic acids is 2. The minimum absolute atomic E-state index is 0.0333. The summed E-state index contributed by atoms with van der Waals surface area (Å²) in [6.45, 7) is 7.59. The monoisotopic (exact) mass is 500 g/mol. The highest BCUT2D eigenvalue weighted by molar-refractivity contribution is 6.31. The molecule has 6 nitrogen and oxygen atoms in total. The molecule has 0 radical (unpaired) electrons. The first-order valence-electron chi connectivity index (χ1n) is 11.3. The average Bonchev–Trinajstić information content (AvgIpc) is 2.82. The summed E-state index contributed by atoms with van der Waals surface area (Å²) < 4.78 is 1.29. The van der Waals surface area contributed by atoms with E-state index in [1.165, 1.54) is 35.0 Å². The van der Waals surface area contributed by atoms with Crippen LogP contribution >= 0.6 is 11.6 Å². The van der Waals surface area contributed by atoms with Gasteiger partial charge < -0.3 is 10.4 Å². The zero-order valence-electron chi connectivity index (χ0n) is 20.3. The lowest BCUT2D eigenvalue weighted by atomic mass is 10.0. The highest BCUT2D eigenvalue weighted by atomic mass is 35.5. The Balaban J connectivity index is 1.90. The van der Waals surface area contributed by atoms with Gasteiger partial charge in [0.2, 0.25) is 0 Å². The molecule has 36 heavy (non-hydrogen) atoms. The van der Waals surface area contributed by atoms with Crippen molar-refractivity contribution in [3.05, 3.63) is 121 Å². The van der Waals surface area contributed by atoms with Gasteiger partial charge in [-0.1, -0.05) is 47.0 Å². The maximum absolute atomic E-state index is 13.5. The molecule has 4 aromatic rings. The van der Waals surface area contributed by atoms with E-state index >= 15 is 0 Å². The number of hydrogen-bond acceptors (Lipinski definition) is 4. The fraction of sp³-hybridized carbons (Fsp3) is 0.138. The van der Waals surface area contributed by atoms with Gasteiger partial charge in [-0.2, -0.15) is 0 Å². The van der Waals surface area contributed by atoms with Crippen LogP contribution in [0.15, 0.2) is 71.7 Å². The predicted molar refractivity (Wildman–Crippen MR) is 142 cm³/mol. The van der Waals surface area contributed by atoms with Crippen molar-refractivity contribution >= 4 is 29.0 Å². The number of aromatic hydroxyl groups is 1.